The number of halogens is 3. The molecular weight excluding hydrogens is 186 g/mol. The maximum Gasteiger partial charge on any atom is 0.266 e. The normalized spacial score (nSPS) is 10.8. The minimum absolute atomic E-state index is 0.0645. The third-order valence-corrected chi connectivity index (χ3v) is 1.70. The van der Waals surface area contributed by atoms with Crippen LogP contribution in [0.15, 0.2) is 6.07 Å². The highest BCUT2D eigenvalue weighted by Crippen LogP contribution is 2.29. The lowest BCUT2D eigenvalue weighted by Crippen LogP contribution is -1.99. The van der Waals surface area contributed by atoms with Gasteiger partial charge >= 0.3 is 0 Å². The van der Waals surface area contributed by atoms with Crippen molar-refractivity contribution < 1.29 is 8.78 Å². The van der Waals surface area contributed by atoms with Crippen molar-refractivity contribution in [1.29, 1.82) is 0 Å². The summed E-state index contributed by atoms with van der Waals surface area (Å²) in [7, 11) is 0. The molecule has 2 N–H and O–H groups in total. The van der Waals surface area contributed by atoms with Gasteiger partial charge in [0.2, 0.25) is 0 Å². The first-order chi connectivity index (χ1) is 5.52. The van der Waals surface area contributed by atoms with Gasteiger partial charge in [0.05, 0.1) is 5.69 Å². The Morgan fingerprint density at radius 2 is 2.17 bits per heavy atom. The van der Waals surface area contributed by atoms with E-state index >= 15 is 0 Å². The first-order valence-electron chi connectivity index (χ1n) is 3.23. The van der Waals surface area contributed by atoms with E-state index in [2.05, 4.69) is 4.98 Å². The van der Waals surface area contributed by atoms with E-state index in [0.717, 1.165) is 0 Å². The van der Waals surface area contributed by atoms with Gasteiger partial charge in [-0.15, -0.1) is 0 Å². The zero-order valence-electron chi connectivity index (χ0n) is 6.31. The van der Waals surface area contributed by atoms with Crippen molar-refractivity contribution in [1.82, 2.24) is 4.98 Å². The largest absolute Gasteiger partial charge is 0.396 e. The molecule has 0 aliphatic heterocycles. The molecule has 0 amide bonds. The van der Waals surface area contributed by atoms with Crippen molar-refractivity contribution in [2.45, 2.75) is 13.3 Å². The highest BCUT2D eigenvalue weighted by atomic mass is 35.5. The van der Waals surface area contributed by atoms with Crippen LogP contribution >= 0.6 is 11.6 Å². The van der Waals surface area contributed by atoms with Crippen LogP contribution in [0.2, 0.25) is 5.15 Å². The fourth-order valence-corrected chi connectivity index (χ4v) is 1.09. The fourth-order valence-electron chi connectivity index (χ4n) is 0.850. The maximum atomic E-state index is 12.2. The molecule has 1 aromatic heterocycles. The third-order valence-electron chi connectivity index (χ3n) is 1.41. The lowest BCUT2D eigenvalue weighted by Gasteiger charge is -2.06. The zero-order chi connectivity index (χ0) is 9.30. The Bertz CT molecular complexity index is 302. The van der Waals surface area contributed by atoms with Crippen LogP contribution in [0.5, 0.6) is 0 Å². The average molecular weight is 193 g/mol. The van der Waals surface area contributed by atoms with Gasteiger partial charge < -0.3 is 5.73 Å². The van der Waals surface area contributed by atoms with Crippen molar-refractivity contribution in [3.05, 3.63) is 22.5 Å². The molecule has 1 aromatic rings. The molecule has 0 saturated carbocycles. The number of nitrogen functional groups attached to an aromatic ring is 1. The number of hydrogen-bond donors (Lipinski definition) is 1. The smallest absolute Gasteiger partial charge is 0.266 e. The van der Waals surface area contributed by atoms with Crippen molar-refractivity contribution in [3.8, 4) is 0 Å². The molecule has 0 bridgehead atoms. The Morgan fingerprint density at radius 3 is 2.67 bits per heavy atom. The first kappa shape index (κ1) is 9.19. The molecule has 5 heteroatoms. The highest BCUT2D eigenvalue weighted by molar-refractivity contribution is 6.32. The number of aryl methyl sites for hydroxylation is 1. The number of pyridine rings is 1. The van der Waals surface area contributed by atoms with Gasteiger partial charge in [0, 0.05) is 11.3 Å². The molecule has 0 atom stereocenters. The summed E-state index contributed by atoms with van der Waals surface area (Å²) in [5.74, 6) is 0. The van der Waals surface area contributed by atoms with E-state index in [-0.39, 0.29) is 16.4 Å². The number of nitrogens with two attached hydrogens (primary N) is 1. The second kappa shape index (κ2) is 3.23. The Balaban J connectivity index is 3.28. The van der Waals surface area contributed by atoms with Crippen LogP contribution < -0.4 is 5.73 Å². The summed E-state index contributed by atoms with van der Waals surface area (Å²) in [6.45, 7) is 1.58. The molecule has 1 rings (SSSR count). The van der Waals surface area contributed by atoms with Crippen LogP contribution in [-0.2, 0) is 0 Å². The second-order valence-electron chi connectivity index (χ2n) is 2.36. The van der Waals surface area contributed by atoms with Crippen LogP contribution in [0.25, 0.3) is 0 Å². The first-order valence-corrected chi connectivity index (χ1v) is 3.61. The van der Waals surface area contributed by atoms with E-state index in [1.807, 2.05) is 0 Å². The van der Waals surface area contributed by atoms with Crippen molar-refractivity contribution in [2.75, 3.05) is 5.73 Å². The summed E-state index contributed by atoms with van der Waals surface area (Å²) in [6, 6.07) is 1.23. The summed E-state index contributed by atoms with van der Waals surface area (Å²) in [5, 5.41) is -0.0645. The van der Waals surface area contributed by atoms with E-state index < -0.39 is 6.43 Å². The number of anilines is 1. The molecule has 0 unspecified atom stereocenters. The number of alkyl halides is 2. The third kappa shape index (κ3) is 1.64. The lowest BCUT2D eigenvalue weighted by atomic mass is 10.2. The van der Waals surface area contributed by atoms with E-state index in [0.29, 0.717) is 5.69 Å². The molecule has 0 aromatic carbocycles. The van der Waals surface area contributed by atoms with E-state index in [1.165, 1.54) is 6.07 Å². The summed E-state index contributed by atoms with van der Waals surface area (Å²) in [4.78, 5) is 3.72. The Hall–Kier alpha value is -0.900. The molecule has 66 valence electrons. The summed E-state index contributed by atoms with van der Waals surface area (Å²) >= 11 is 5.49. The van der Waals surface area contributed by atoms with Gasteiger partial charge in [0.1, 0.15) is 0 Å². The standard InChI is InChI=1S/C7H7ClF2N2/c1-3-2-4(7(9)10)5(11)6(8)12-3/h2,7H,11H2,1H3. The molecule has 0 radical (unpaired) electrons. The number of nitrogens with zero attached hydrogens (tertiary/aromatic N) is 1. The van der Waals surface area contributed by atoms with Gasteiger partial charge in [-0.25, -0.2) is 13.8 Å². The van der Waals surface area contributed by atoms with Gasteiger partial charge in [0.25, 0.3) is 6.43 Å². The Kier molecular flexibility index (Phi) is 2.47. The predicted octanol–water partition coefficient (Wildman–Crippen LogP) is 2.56. The molecule has 0 fully saturated rings. The Morgan fingerprint density at radius 1 is 1.58 bits per heavy atom. The van der Waals surface area contributed by atoms with Gasteiger partial charge in [-0.3, -0.25) is 0 Å². The summed E-state index contributed by atoms with van der Waals surface area (Å²) in [5.41, 5.74) is 5.31. The molecule has 1 heterocycles. The van der Waals surface area contributed by atoms with Gasteiger partial charge in [-0.05, 0) is 13.0 Å². The Labute approximate surface area is 73.4 Å². The monoisotopic (exact) mass is 192 g/mol. The maximum absolute atomic E-state index is 12.2. The number of hydrogen-bond acceptors (Lipinski definition) is 2. The minimum atomic E-state index is -2.61. The molecule has 0 aliphatic rings. The summed E-state index contributed by atoms with van der Waals surface area (Å²) in [6.07, 6.45) is -2.61. The highest BCUT2D eigenvalue weighted by Gasteiger charge is 2.14. The van der Waals surface area contributed by atoms with E-state index in [1.54, 1.807) is 6.92 Å². The van der Waals surface area contributed by atoms with Crippen LogP contribution in [0.3, 0.4) is 0 Å². The minimum Gasteiger partial charge on any atom is -0.396 e. The van der Waals surface area contributed by atoms with Gasteiger partial charge in [0.15, 0.2) is 5.15 Å². The molecule has 12 heavy (non-hydrogen) atoms. The van der Waals surface area contributed by atoms with Gasteiger partial charge in [-0.1, -0.05) is 11.6 Å². The lowest BCUT2D eigenvalue weighted by molar-refractivity contribution is 0.152. The van der Waals surface area contributed by atoms with Crippen LogP contribution in [0.4, 0.5) is 14.5 Å². The zero-order valence-corrected chi connectivity index (χ0v) is 7.07. The molecule has 2 nitrogen and oxygen atoms in total. The fraction of sp³-hybridized carbons (Fsp3) is 0.286. The number of rotatable bonds is 1. The molecule has 0 spiro atoms. The quantitative estimate of drug-likeness (QED) is 0.695. The molecule has 0 saturated heterocycles. The molecule has 0 aliphatic carbocycles. The predicted molar refractivity (Wildman–Crippen MR) is 43.4 cm³/mol. The van der Waals surface area contributed by atoms with Crippen LogP contribution in [-0.4, -0.2) is 4.98 Å². The van der Waals surface area contributed by atoms with Gasteiger partial charge in [-0.2, -0.15) is 0 Å². The van der Waals surface area contributed by atoms with E-state index in [9.17, 15) is 8.78 Å². The average Bonchev–Trinajstić information content (AvgIpc) is 1.96. The second-order valence-corrected chi connectivity index (χ2v) is 2.72. The number of aromatic nitrogens is 1. The van der Waals surface area contributed by atoms with E-state index in [4.69, 9.17) is 17.3 Å². The topological polar surface area (TPSA) is 38.9 Å². The van der Waals surface area contributed by atoms with Crippen molar-refractivity contribution in [2.24, 2.45) is 0 Å². The van der Waals surface area contributed by atoms with Crippen molar-refractivity contribution >= 4 is 17.3 Å². The SMILES string of the molecule is Cc1cc(C(F)F)c(N)c(Cl)n1. The van der Waals surface area contributed by atoms with Crippen molar-refractivity contribution in [3.63, 3.8) is 0 Å². The van der Waals surface area contributed by atoms with Crippen LogP contribution in [0, 0.1) is 6.92 Å². The summed E-state index contributed by atoms with van der Waals surface area (Å²) < 4.78 is 24.4. The molecular formula is C7H7ClF2N2. The van der Waals surface area contributed by atoms with Crippen LogP contribution in [0.1, 0.15) is 17.7 Å².